The van der Waals surface area contributed by atoms with Crippen LogP contribution in [0.5, 0.6) is 0 Å². The van der Waals surface area contributed by atoms with Gasteiger partial charge in [-0.05, 0) is 6.92 Å². The third-order valence-electron chi connectivity index (χ3n) is 1.80. The summed E-state index contributed by atoms with van der Waals surface area (Å²) in [4.78, 5) is 32.6. The van der Waals surface area contributed by atoms with Crippen molar-refractivity contribution >= 4 is 29.5 Å². The van der Waals surface area contributed by atoms with E-state index in [1.54, 1.807) is 6.92 Å². The molecule has 92 valence electrons. The third kappa shape index (κ3) is 5.59. The molecular formula is C9H16N2O4S. The summed E-state index contributed by atoms with van der Waals surface area (Å²) in [5.74, 6) is -1.52. The van der Waals surface area contributed by atoms with Gasteiger partial charge in [0.25, 0.3) is 0 Å². The highest BCUT2D eigenvalue weighted by Gasteiger charge is 2.21. The average Bonchev–Trinajstić information content (AvgIpc) is 2.21. The first-order chi connectivity index (χ1) is 7.38. The molecule has 2 amide bonds. The summed E-state index contributed by atoms with van der Waals surface area (Å²) in [5.41, 5.74) is 0. The first kappa shape index (κ1) is 14.8. The van der Waals surface area contributed by atoms with E-state index in [-0.39, 0.29) is 16.9 Å². The zero-order valence-electron chi connectivity index (χ0n) is 9.44. The summed E-state index contributed by atoms with van der Waals surface area (Å²) in [7, 11) is 1.52. The van der Waals surface area contributed by atoms with Crippen molar-refractivity contribution in [1.82, 2.24) is 10.6 Å². The van der Waals surface area contributed by atoms with Crippen LogP contribution < -0.4 is 10.6 Å². The van der Waals surface area contributed by atoms with E-state index in [0.29, 0.717) is 0 Å². The number of rotatable bonds is 6. The van der Waals surface area contributed by atoms with Gasteiger partial charge in [-0.15, -0.1) is 11.8 Å². The molecule has 0 aliphatic heterocycles. The van der Waals surface area contributed by atoms with Crippen LogP contribution in [0.4, 0.5) is 0 Å². The van der Waals surface area contributed by atoms with Gasteiger partial charge in [-0.25, -0.2) is 4.79 Å². The number of carboxylic acids is 1. The van der Waals surface area contributed by atoms with Gasteiger partial charge in [0.1, 0.15) is 6.04 Å². The number of aliphatic carboxylic acids is 1. The number of hydrogen-bond acceptors (Lipinski definition) is 4. The van der Waals surface area contributed by atoms with Gasteiger partial charge in [-0.3, -0.25) is 9.59 Å². The van der Waals surface area contributed by atoms with Crippen LogP contribution in [0.3, 0.4) is 0 Å². The van der Waals surface area contributed by atoms with Gasteiger partial charge >= 0.3 is 5.97 Å². The second kappa shape index (κ2) is 7.10. The minimum atomic E-state index is -1.10. The Labute approximate surface area is 98.2 Å². The van der Waals surface area contributed by atoms with Gasteiger partial charge < -0.3 is 15.7 Å². The number of amides is 2. The van der Waals surface area contributed by atoms with Crippen molar-refractivity contribution < 1.29 is 19.5 Å². The minimum Gasteiger partial charge on any atom is -0.480 e. The molecule has 0 heterocycles. The van der Waals surface area contributed by atoms with E-state index in [0.717, 1.165) is 0 Å². The van der Waals surface area contributed by atoms with Crippen molar-refractivity contribution in [3.63, 3.8) is 0 Å². The van der Waals surface area contributed by atoms with Gasteiger partial charge in [-0.1, -0.05) is 0 Å². The van der Waals surface area contributed by atoms with Crippen LogP contribution in [0.25, 0.3) is 0 Å². The molecule has 0 aliphatic carbocycles. The van der Waals surface area contributed by atoms with E-state index in [2.05, 4.69) is 10.6 Å². The topological polar surface area (TPSA) is 95.5 Å². The van der Waals surface area contributed by atoms with Crippen LogP contribution in [0.2, 0.25) is 0 Å². The maximum atomic E-state index is 11.1. The molecule has 0 aromatic heterocycles. The second-order valence-corrected chi connectivity index (χ2v) is 4.55. The van der Waals surface area contributed by atoms with Crippen molar-refractivity contribution in [3.8, 4) is 0 Å². The molecule has 0 saturated heterocycles. The van der Waals surface area contributed by atoms with Crippen molar-refractivity contribution in [2.24, 2.45) is 0 Å². The molecule has 0 aliphatic rings. The Hall–Kier alpha value is -1.24. The normalized spacial score (nSPS) is 13.7. The van der Waals surface area contributed by atoms with Crippen molar-refractivity contribution in [1.29, 1.82) is 0 Å². The Morgan fingerprint density at radius 3 is 2.31 bits per heavy atom. The fraction of sp³-hybridized carbons (Fsp3) is 0.667. The summed E-state index contributed by atoms with van der Waals surface area (Å²) in [6.07, 6.45) is 0. The Morgan fingerprint density at radius 1 is 1.38 bits per heavy atom. The van der Waals surface area contributed by atoms with Crippen molar-refractivity contribution in [2.75, 3.05) is 12.8 Å². The highest BCUT2D eigenvalue weighted by Crippen LogP contribution is 2.12. The van der Waals surface area contributed by atoms with Crippen LogP contribution in [-0.2, 0) is 14.4 Å². The lowest BCUT2D eigenvalue weighted by molar-refractivity contribution is -0.140. The molecule has 16 heavy (non-hydrogen) atoms. The predicted molar refractivity (Wildman–Crippen MR) is 61.2 cm³/mol. The molecule has 6 nitrogen and oxygen atoms in total. The number of carbonyl (C=O) groups excluding carboxylic acids is 2. The third-order valence-corrected chi connectivity index (χ3v) is 3.04. The minimum absolute atomic E-state index is 0.156. The van der Waals surface area contributed by atoms with Crippen LogP contribution in [0.15, 0.2) is 0 Å². The van der Waals surface area contributed by atoms with E-state index in [1.165, 1.54) is 25.7 Å². The average molecular weight is 248 g/mol. The Balaban J connectivity index is 4.16. The summed E-state index contributed by atoms with van der Waals surface area (Å²) >= 11 is 1.18. The highest BCUT2D eigenvalue weighted by molar-refractivity contribution is 8.00. The molecule has 7 heteroatoms. The molecule has 0 fully saturated rings. The fourth-order valence-corrected chi connectivity index (χ4v) is 1.92. The van der Waals surface area contributed by atoms with E-state index in [1.807, 2.05) is 0 Å². The van der Waals surface area contributed by atoms with Crippen molar-refractivity contribution in [3.05, 3.63) is 0 Å². The standard InChI is InChI=1S/C9H16N2O4S/c1-5(8(13)10-3)16-4-7(9(14)15)11-6(2)12/h5,7H,4H2,1-3H3,(H,10,13)(H,11,12)(H,14,15)/t5?,7-/m0/s1. The Morgan fingerprint density at radius 2 is 1.94 bits per heavy atom. The maximum absolute atomic E-state index is 11.1. The maximum Gasteiger partial charge on any atom is 0.327 e. The van der Waals surface area contributed by atoms with Gasteiger partial charge in [0, 0.05) is 19.7 Å². The van der Waals surface area contributed by atoms with E-state index >= 15 is 0 Å². The van der Waals surface area contributed by atoms with Gasteiger partial charge in [0.05, 0.1) is 5.25 Å². The summed E-state index contributed by atoms with van der Waals surface area (Å²) < 4.78 is 0. The van der Waals surface area contributed by atoms with E-state index in [4.69, 9.17) is 5.11 Å². The van der Waals surface area contributed by atoms with Crippen molar-refractivity contribution in [2.45, 2.75) is 25.1 Å². The van der Waals surface area contributed by atoms with Gasteiger partial charge in [0.2, 0.25) is 11.8 Å². The molecule has 0 saturated carbocycles. The van der Waals surface area contributed by atoms with Crippen LogP contribution in [-0.4, -0.2) is 47.0 Å². The second-order valence-electron chi connectivity index (χ2n) is 3.18. The number of carboxylic acid groups (broad SMARTS) is 1. The molecule has 0 spiro atoms. The quantitative estimate of drug-likeness (QED) is 0.586. The molecular weight excluding hydrogens is 232 g/mol. The monoisotopic (exact) mass is 248 g/mol. The van der Waals surface area contributed by atoms with Gasteiger partial charge in [-0.2, -0.15) is 0 Å². The predicted octanol–water partition coefficient (Wildman–Crippen LogP) is -0.557. The number of carbonyl (C=O) groups is 3. The smallest absolute Gasteiger partial charge is 0.327 e. The molecule has 0 bridgehead atoms. The number of thioether (sulfide) groups is 1. The first-order valence-corrected chi connectivity index (χ1v) is 5.76. The first-order valence-electron chi connectivity index (χ1n) is 4.71. The van der Waals surface area contributed by atoms with E-state index < -0.39 is 17.9 Å². The summed E-state index contributed by atoms with van der Waals surface area (Å²) in [5, 5.41) is 13.2. The molecule has 2 atom stereocenters. The molecule has 0 rings (SSSR count). The number of nitrogens with one attached hydrogen (secondary N) is 2. The zero-order chi connectivity index (χ0) is 12.7. The van der Waals surface area contributed by atoms with Gasteiger partial charge in [0.15, 0.2) is 0 Å². The summed E-state index contributed by atoms with van der Waals surface area (Å²) in [6.45, 7) is 2.93. The lowest BCUT2D eigenvalue weighted by atomic mass is 10.3. The largest absolute Gasteiger partial charge is 0.480 e. The Kier molecular flexibility index (Phi) is 6.55. The summed E-state index contributed by atoms with van der Waals surface area (Å²) in [6, 6.07) is -0.963. The fourth-order valence-electron chi connectivity index (χ4n) is 0.940. The van der Waals surface area contributed by atoms with Crippen LogP contribution >= 0.6 is 11.8 Å². The molecule has 0 radical (unpaired) electrons. The highest BCUT2D eigenvalue weighted by atomic mass is 32.2. The molecule has 0 aromatic carbocycles. The molecule has 3 N–H and O–H groups in total. The zero-order valence-corrected chi connectivity index (χ0v) is 10.3. The SMILES string of the molecule is CNC(=O)C(C)SC[C@H](NC(C)=O)C(=O)O. The lowest BCUT2D eigenvalue weighted by Gasteiger charge is -2.15. The molecule has 0 aromatic rings. The van der Waals surface area contributed by atoms with E-state index in [9.17, 15) is 14.4 Å². The van der Waals surface area contributed by atoms with Crippen LogP contribution in [0, 0.1) is 0 Å². The number of hydrogen-bond donors (Lipinski definition) is 3. The molecule has 1 unspecified atom stereocenters. The lowest BCUT2D eigenvalue weighted by Crippen LogP contribution is -2.42. The Bertz CT molecular complexity index is 283. The van der Waals surface area contributed by atoms with Crippen LogP contribution in [0.1, 0.15) is 13.8 Å².